The van der Waals surface area contributed by atoms with Gasteiger partial charge in [-0.3, -0.25) is 0 Å². The maximum Gasteiger partial charge on any atom is 0.115 e. The largest absolute Gasteiger partial charge is 0.508 e. The second-order valence-corrected chi connectivity index (χ2v) is 4.13. The second-order valence-electron chi connectivity index (χ2n) is 4.13. The Kier molecular flexibility index (Phi) is 2.71. The monoisotopic (exact) mass is 218 g/mol. The average Bonchev–Trinajstić information content (AvgIpc) is 2.69. The summed E-state index contributed by atoms with van der Waals surface area (Å²) in [5, 5.41) is 19.6. The number of rotatable bonds is 3. The van der Waals surface area contributed by atoms with E-state index in [-0.39, 0.29) is 5.75 Å². The summed E-state index contributed by atoms with van der Waals surface area (Å²) in [6, 6.07) is 8.62. The number of aliphatic hydroxyl groups is 1. The molecule has 0 radical (unpaired) electrons. The van der Waals surface area contributed by atoms with E-state index in [1.165, 1.54) is 12.5 Å². The van der Waals surface area contributed by atoms with Crippen LogP contribution in [-0.2, 0) is 12.0 Å². The van der Waals surface area contributed by atoms with Crippen molar-refractivity contribution in [3.8, 4) is 5.75 Å². The maximum absolute atomic E-state index is 10.3. The van der Waals surface area contributed by atoms with Crippen molar-refractivity contribution in [2.45, 2.75) is 18.9 Å². The summed E-state index contributed by atoms with van der Waals surface area (Å²) in [5.74, 6) is 0.209. The lowest BCUT2D eigenvalue weighted by molar-refractivity contribution is 0.0570. The summed E-state index contributed by atoms with van der Waals surface area (Å²) in [6.07, 6.45) is 3.50. The van der Waals surface area contributed by atoms with Gasteiger partial charge in [-0.2, -0.15) is 0 Å². The molecule has 0 spiro atoms. The highest BCUT2D eigenvalue weighted by molar-refractivity contribution is 5.29. The van der Waals surface area contributed by atoms with E-state index in [0.29, 0.717) is 6.42 Å². The molecule has 1 atom stereocenters. The number of phenolic OH excluding ortho intramolecular Hbond substituents is 1. The fraction of sp³-hybridized carbons (Fsp3) is 0.231. The first-order valence-corrected chi connectivity index (χ1v) is 5.11. The minimum absolute atomic E-state index is 0.209. The smallest absolute Gasteiger partial charge is 0.115 e. The minimum Gasteiger partial charge on any atom is -0.508 e. The molecule has 0 saturated carbocycles. The summed E-state index contributed by atoms with van der Waals surface area (Å²) >= 11 is 0. The molecule has 1 aromatic carbocycles. The quantitative estimate of drug-likeness (QED) is 0.831. The Balaban J connectivity index is 2.21. The molecule has 2 rings (SSSR count). The van der Waals surface area contributed by atoms with Crippen molar-refractivity contribution >= 4 is 0 Å². The third kappa shape index (κ3) is 2.25. The highest BCUT2D eigenvalue weighted by Gasteiger charge is 2.24. The molecule has 84 valence electrons. The van der Waals surface area contributed by atoms with Crippen molar-refractivity contribution in [2.75, 3.05) is 0 Å². The molecule has 0 fully saturated rings. The molecule has 1 unspecified atom stereocenters. The van der Waals surface area contributed by atoms with Crippen LogP contribution in [0, 0.1) is 0 Å². The van der Waals surface area contributed by atoms with Crippen LogP contribution < -0.4 is 0 Å². The van der Waals surface area contributed by atoms with Crippen LogP contribution in [0.5, 0.6) is 5.75 Å². The molecule has 16 heavy (non-hydrogen) atoms. The van der Waals surface area contributed by atoms with Crippen LogP contribution in [0.3, 0.4) is 0 Å². The van der Waals surface area contributed by atoms with E-state index in [9.17, 15) is 10.2 Å². The van der Waals surface area contributed by atoms with E-state index in [4.69, 9.17) is 4.42 Å². The van der Waals surface area contributed by atoms with Gasteiger partial charge in [0.15, 0.2) is 0 Å². The van der Waals surface area contributed by atoms with Gasteiger partial charge < -0.3 is 14.6 Å². The Hall–Kier alpha value is -1.74. The van der Waals surface area contributed by atoms with Crippen LogP contribution in [0.15, 0.2) is 47.3 Å². The van der Waals surface area contributed by atoms with Crippen LogP contribution in [0.25, 0.3) is 0 Å². The van der Waals surface area contributed by atoms with Gasteiger partial charge in [0.25, 0.3) is 0 Å². The van der Waals surface area contributed by atoms with Crippen LogP contribution in [0.2, 0.25) is 0 Å². The van der Waals surface area contributed by atoms with E-state index in [0.717, 1.165) is 11.1 Å². The van der Waals surface area contributed by atoms with Crippen LogP contribution in [0.1, 0.15) is 18.1 Å². The molecule has 0 aliphatic heterocycles. The summed E-state index contributed by atoms with van der Waals surface area (Å²) < 4.78 is 4.95. The number of benzene rings is 1. The Labute approximate surface area is 94.0 Å². The molecule has 0 bridgehead atoms. The molecule has 0 saturated heterocycles. The molecule has 1 aromatic heterocycles. The zero-order chi connectivity index (χ0) is 11.6. The predicted molar refractivity (Wildman–Crippen MR) is 60.1 cm³/mol. The number of aromatic hydroxyl groups is 1. The lowest BCUT2D eigenvalue weighted by Crippen LogP contribution is -2.23. The summed E-state index contributed by atoms with van der Waals surface area (Å²) in [7, 11) is 0. The predicted octanol–water partition coefficient (Wildman–Crippen LogP) is 2.44. The van der Waals surface area contributed by atoms with Gasteiger partial charge in [-0.25, -0.2) is 0 Å². The zero-order valence-corrected chi connectivity index (χ0v) is 9.05. The lowest BCUT2D eigenvalue weighted by atomic mass is 9.91. The number of hydrogen-bond acceptors (Lipinski definition) is 3. The summed E-state index contributed by atoms with van der Waals surface area (Å²) in [6.45, 7) is 1.72. The SMILES string of the molecule is CC(O)(Cc1cccc(O)c1)c1ccoc1. The molecule has 1 heterocycles. The zero-order valence-electron chi connectivity index (χ0n) is 9.05. The standard InChI is InChI=1S/C13H14O3/c1-13(15,11-5-6-16-9-11)8-10-3-2-4-12(14)7-10/h2-7,9,14-15H,8H2,1H3. The molecule has 2 N–H and O–H groups in total. The van der Waals surface area contributed by atoms with Crippen molar-refractivity contribution in [1.29, 1.82) is 0 Å². The van der Waals surface area contributed by atoms with Gasteiger partial charge >= 0.3 is 0 Å². The molecule has 0 aliphatic rings. The van der Waals surface area contributed by atoms with Crippen LogP contribution in [0.4, 0.5) is 0 Å². The molecule has 3 nitrogen and oxygen atoms in total. The van der Waals surface area contributed by atoms with Crippen LogP contribution >= 0.6 is 0 Å². The van der Waals surface area contributed by atoms with Crippen molar-refractivity contribution in [2.24, 2.45) is 0 Å². The van der Waals surface area contributed by atoms with Crippen LogP contribution in [-0.4, -0.2) is 10.2 Å². The Bertz CT molecular complexity index is 458. The Morgan fingerprint density at radius 2 is 2.12 bits per heavy atom. The van der Waals surface area contributed by atoms with E-state index in [2.05, 4.69) is 0 Å². The van der Waals surface area contributed by atoms with E-state index < -0.39 is 5.60 Å². The maximum atomic E-state index is 10.3. The summed E-state index contributed by atoms with van der Waals surface area (Å²) in [5.41, 5.74) is 0.628. The molecule has 0 aliphatic carbocycles. The van der Waals surface area contributed by atoms with Gasteiger partial charge in [0.1, 0.15) is 5.75 Å². The minimum atomic E-state index is -0.985. The van der Waals surface area contributed by atoms with Gasteiger partial charge in [-0.15, -0.1) is 0 Å². The van der Waals surface area contributed by atoms with Gasteiger partial charge in [-0.1, -0.05) is 12.1 Å². The molecule has 3 heteroatoms. The highest BCUT2D eigenvalue weighted by Crippen LogP contribution is 2.26. The van der Waals surface area contributed by atoms with Gasteiger partial charge in [-0.05, 0) is 30.7 Å². The number of phenols is 1. The van der Waals surface area contributed by atoms with Crippen molar-refractivity contribution in [1.82, 2.24) is 0 Å². The lowest BCUT2D eigenvalue weighted by Gasteiger charge is -2.21. The van der Waals surface area contributed by atoms with Gasteiger partial charge in [0, 0.05) is 12.0 Å². The fourth-order valence-corrected chi connectivity index (χ4v) is 1.74. The first-order valence-electron chi connectivity index (χ1n) is 5.11. The molecule has 0 amide bonds. The molecular weight excluding hydrogens is 204 g/mol. The summed E-state index contributed by atoms with van der Waals surface area (Å²) in [4.78, 5) is 0. The first-order chi connectivity index (χ1) is 7.58. The Morgan fingerprint density at radius 3 is 2.75 bits per heavy atom. The first kappa shape index (κ1) is 10.8. The third-order valence-corrected chi connectivity index (χ3v) is 2.60. The fourth-order valence-electron chi connectivity index (χ4n) is 1.74. The van der Waals surface area contributed by atoms with Crippen molar-refractivity contribution < 1.29 is 14.6 Å². The van der Waals surface area contributed by atoms with E-state index >= 15 is 0 Å². The highest BCUT2D eigenvalue weighted by atomic mass is 16.3. The topological polar surface area (TPSA) is 53.6 Å². The molecule has 2 aromatic rings. The van der Waals surface area contributed by atoms with E-state index in [1.54, 1.807) is 31.2 Å². The third-order valence-electron chi connectivity index (χ3n) is 2.60. The van der Waals surface area contributed by atoms with Gasteiger partial charge in [0.2, 0.25) is 0 Å². The average molecular weight is 218 g/mol. The second kappa shape index (κ2) is 4.02. The normalized spacial score (nSPS) is 14.6. The van der Waals surface area contributed by atoms with E-state index in [1.807, 2.05) is 6.07 Å². The van der Waals surface area contributed by atoms with Gasteiger partial charge in [0.05, 0.1) is 18.1 Å². The van der Waals surface area contributed by atoms with Crippen molar-refractivity contribution in [3.05, 3.63) is 54.0 Å². The Morgan fingerprint density at radius 1 is 1.31 bits per heavy atom. The molecular formula is C13H14O3. The van der Waals surface area contributed by atoms with Crippen molar-refractivity contribution in [3.63, 3.8) is 0 Å². The number of furan rings is 1. The number of hydrogen-bond donors (Lipinski definition) is 2.